The molecule has 0 radical (unpaired) electrons. The molecule has 0 spiro atoms. The zero-order valence-corrected chi connectivity index (χ0v) is 18.4. The minimum Gasteiger partial charge on any atom is -0.508 e. The third-order valence-electron chi connectivity index (χ3n) is 5.39. The second-order valence-electron chi connectivity index (χ2n) is 8.18. The highest BCUT2D eigenvalue weighted by atomic mass is 16.5. The minimum absolute atomic E-state index is 0.0640. The molecule has 1 saturated heterocycles. The van der Waals surface area contributed by atoms with E-state index in [0.29, 0.717) is 30.7 Å². The van der Waals surface area contributed by atoms with Crippen LogP contribution in [0, 0.1) is 13.8 Å². The summed E-state index contributed by atoms with van der Waals surface area (Å²) < 4.78 is 5.58. The lowest BCUT2D eigenvalue weighted by Crippen LogP contribution is -2.31. The van der Waals surface area contributed by atoms with Crippen molar-refractivity contribution in [2.75, 3.05) is 13.2 Å². The van der Waals surface area contributed by atoms with E-state index >= 15 is 0 Å². The normalized spacial score (nSPS) is 18.2. The zero-order chi connectivity index (χ0) is 22.7. The number of amides is 1. The third kappa shape index (κ3) is 4.80. The Labute approximate surface area is 182 Å². The fourth-order valence-electron chi connectivity index (χ4n) is 3.80. The van der Waals surface area contributed by atoms with Gasteiger partial charge < -0.3 is 19.8 Å². The average molecular weight is 424 g/mol. The lowest BCUT2D eigenvalue weighted by molar-refractivity contribution is -0.140. The number of benzene rings is 2. The van der Waals surface area contributed by atoms with Crippen molar-refractivity contribution in [2.45, 2.75) is 46.3 Å². The van der Waals surface area contributed by atoms with E-state index in [0.717, 1.165) is 11.1 Å². The number of ketones is 1. The van der Waals surface area contributed by atoms with Gasteiger partial charge >= 0.3 is 0 Å². The van der Waals surface area contributed by atoms with Crippen LogP contribution in [0.15, 0.2) is 48.0 Å². The molecule has 2 aromatic carbocycles. The van der Waals surface area contributed by atoms with E-state index in [9.17, 15) is 19.8 Å². The van der Waals surface area contributed by atoms with Gasteiger partial charge in [0.1, 0.15) is 11.5 Å². The minimum atomic E-state index is -0.737. The molecule has 2 N–H and O–H groups in total. The fourth-order valence-corrected chi connectivity index (χ4v) is 3.80. The summed E-state index contributed by atoms with van der Waals surface area (Å²) in [5.41, 5.74) is 2.99. The number of carbonyl (C=O) groups excluding carboxylic acids is 2. The Morgan fingerprint density at radius 3 is 2.42 bits per heavy atom. The van der Waals surface area contributed by atoms with Crippen molar-refractivity contribution in [3.05, 3.63) is 70.3 Å². The molecule has 3 rings (SSSR count). The van der Waals surface area contributed by atoms with Crippen LogP contribution in [0.1, 0.15) is 48.6 Å². The number of phenols is 1. The van der Waals surface area contributed by atoms with Crippen LogP contribution in [0.2, 0.25) is 0 Å². The van der Waals surface area contributed by atoms with Gasteiger partial charge in [-0.3, -0.25) is 9.59 Å². The first-order chi connectivity index (χ1) is 14.7. The Morgan fingerprint density at radius 1 is 1.10 bits per heavy atom. The van der Waals surface area contributed by atoms with E-state index in [1.807, 2.05) is 45.9 Å². The summed E-state index contributed by atoms with van der Waals surface area (Å²) in [5.74, 6) is -1.45. The molecule has 0 aliphatic carbocycles. The van der Waals surface area contributed by atoms with Gasteiger partial charge in [-0.05, 0) is 63.4 Å². The van der Waals surface area contributed by atoms with E-state index < -0.39 is 17.7 Å². The van der Waals surface area contributed by atoms with Gasteiger partial charge in [0.25, 0.3) is 11.7 Å². The molecule has 1 heterocycles. The van der Waals surface area contributed by atoms with Crippen LogP contribution in [0.4, 0.5) is 0 Å². The highest BCUT2D eigenvalue weighted by Gasteiger charge is 2.45. The van der Waals surface area contributed by atoms with E-state index in [1.54, 1.807) is 12.1 Å². The Balaban J connectivity index is 2.07. The monoisotopic (exact) mass is 423 g/mol. The summed E-state index contributed by atoms with van der Waals surface area (Å²) in [6.45, 7) is 8.40. The Bertz CT molecular complexity index is 1010. The predicted octanol–water partition coefficient (Wildman–Crippen LogP) is 4.25. The molecule has 0 aromatic heterocycles. The van der Waals surface area contributed by atoms with Gasteiger partial charge in [-0.25, -0.2) is 0 Å². The molecular weight excluding hydrogens is 394 g/mol. The SMILES string of the molecule is Cc1ccc(C)c(/C(O)=C2\C(=O)C(=O)N(CCCOC(C)C)C2c2ccc(O)cc2)c1. The number of Topliss-reactive ketones (excluding diaryl/α,β-unsaturated/α-hetero) is 1. The van der Waals surface area contributed by atoms with Crippen molar-refractivity contribution in [3.8, 4) is 5.75 Å². The van der Waals surface area contributed by atoms with E-state index in [4.69, 9.17) is 4.74 Å². The van der Waals surface area contributed by atoms with Gasteiger partial charge in [0.2, 0.25) is 0 Å². The summed E-state index contributed by atoms with van der Waals surface area (Å²) in [6.07, 6.45) is 0.635. The van der Waals surface area contributed by atoms with Crippen LogP contribution in [0.25, 0.3) is 5.76 Å². The van der Waals surface area contributed by atoms with Crippen LogP contribution in [-0.4, -0.2) is 46.1 Å². The zero-order valence-electron chi connectivity index (χ0n) is 18.4. The molecular formula is C25H29NO5. The summed E-state index contributed by atoms with van der Waals surface area (Å²) in [5, 5.41) is 20.9. The van der Waals surface area contributed by atoms with Gasteiger partial charge in [0, 0.05) is 18.7 Å². The third-order valence-corrected chi connectivity index (χ3v) is 5.39. The molecule has 6 heteroatoms. The Hall–Kier alpha value is -3.12. The largest absolute Gasteiger partial charge is 0.508 e. The number of aliphatic hydroxyl groups is 1. The van der Waals surface area contributed by atoms with Crippen molar-refractivity contribution in [2.24, 2.45) is 0 Å². The molecule has 1 atom stereocenters. The number of aromatic hydroxyl groups is 1. The molecule has 1 fully saturated rings. The Morgan fingerprint density at radius 2 is 1.77 bits per heavy atom. The molecule has 1 aliphatic heterocycles. The number of rotatable bonds is 7. The summed E-state index contributed by atoms with van der Waals surface area (Å²) in [6, 6.07) is 11.2. The van der Waals surface area contributed by atoms with Crippen molar-refractivity contribution in [1.29, 1.82) is 0 Å². The van der Waals surface area contributed by atoms with Crippen LogP contribution < -0.4 is 0 Å². The van der Waals surface area contributed by atoms with Crippen LogP contribution in [0.5, 0.6) is 5.75 Å². The lowest BCUT2D eigenvalue weighted by atomic mass is 9.93. The number of nitrogens with zero attached hydrogens (tertiary/aromatic N) is 1. The molecule has 0 saturated carbocycles. The molecule has 1 unspecified atom stereocenters. The van der Waals surface area contributed by atoms with Crippen molar-refractivity contribution in [3.63, 3.8) is 0 Å². The van der Waals surface area contributed by atoms with E-state index in [2.05, 4.69) is 0 Å². The number of hydrogen-bond acceptors (Lipinski definition) is 5. The first-order valence-corrected chi connectivity index (χ1v) is 10.5. The van der Waals surface area contributed by atoms with Gasteiger partial charge in [0.05, 0.1) is 17.7 Å². The molecule has 1 amide bonds. The fraction of sp³-hybridized carbons (Fsp3) is 0.360. The quantitative estimate of drug-likeness (QED) is 0.301. The molecule has 31 heavy (non-hydrogen) atoms. The number of likely N-dealkylation sites (tertiary alicyclic amines) is 1. The lowest BCUT2D eigenvalue weighted by Gasteiger charge is -2.25. The van der Waals surface area contributed by atoms with Crippen LogP contribution >= 0.6 is 0 Å². The smallest absolute Gasteiger partial charge is 0.295 e. The number of phenolic OH excluding ortho intramolecular Hbond substituents is 1. The number of carbonyl (C=O) groups is 2. The van der Waals surface area contributed by atoms with Gasteiger partial charge in [-0.15, -0.1) is 0 Å². The predicted molar refractivity (Wildman–Crippen MR) is 119 cm³/mol. The molecule has 1 aliphatic rings. The van der Waals surface area contributed by atoms with Gasteiger partial charge in [0.15, 0.2) is 0 Å². The number of aryl methyl sites for hydroxylation is 2. The van der Waals surface area contributed by atoms with Crippen molar-refractivity contribution < 1.29 is 24.5 Å². The molecule has 0 bridgehead atoms. The second kappa shape index (κ2) is 9.35. The standard InChI is InChI=1S/C25H29NO5/c1-15(2)31-13-5-12-26-22(18-8-10-19(27)11-9-18)21(24(29)25(26)30)23(28)20-14-16(3)6-7-17(20)4/h6-11,14-15,22,27-28H,5,12-13H2,1-4H3/b23-21+. The number of ether oxygens (including phenoxy) is 1. The topological polar surface area (TPSA) is 87.1 Å². The maximum Gasteiger partial charge on any atom is 0.295 e. The first kappa shape index (κ1) is 22.6. The van der Waals surface area contributed by atoms with E-state index in [1.165, 1.54) is 17.0 Å². The first-order valence-electron chi connectivity index (χ1n) is 10.5. The van der Waals surface area contributed by atoms with Crippen LogP contribution in [-0.2, 0) is 14.3 Å². The van der Waals surface area contributed by atoms with Gasteiger partial charge in [-0.2, -0.15) is 0 Å². The van der Waals surface area contributed by atoms with Gasteiger partial charge in [-0.1, -0.05) is 29.8 Å². The van der Waals surface area contributed by atoms with E-state index in [-0.39, 0.29) is 23.2 Å². The number of hydrogen-bond donors (Lipinski definition) is 2. The summed E-state index contributed by atoms with van der Waals surface area (Å²) in [7, 11) is 0. The second-order valence-corrected chi connectivity index (χ2v) is 8.18. The Kier molecular flexibility index (Phi) is 6.81. The molecule has 164 valence electrons. The van der Waals surface area contributed by atoms with Crippen molar-refractivity contribution in [1.82, 2.24) is 4.90 Å². The maximum absolute atomic E-state index is 13.0. The highest BCUT2D eigenvalue weighted by Crippen LogP contribution is 2.40. The maximum atomic E-state index is 13.0. The van der Waals surface area contributed by atoms with Crippen LogP contribution in [0.3, 0.4) is 0 Å². The molecule has 6 nitrogen and oxygen atoms in total. The molecule has 2 aromatic rings. The van der Waals surface area contributed by atoms with Crippen molar-refractivity contribution >= 4 is 17.4 Å². The number of aliphatic hydroxyl groups excluding tert-OH is 1. The summed E-state index contributed by atoms with van der Waals surface area (Å²) in [4.78, 5) is 27.4. The summed E-state index contributed by atoms with van der Waals surface area (Å²) >= 11 is 0. The highest BCUT2D eigenvalue weighted by molar-refractivity contribution is 6.46. The average Bonchev–Trinajstić information content (AvgIpc) is 2.97.